The van der Waals surface area contributed by atoms with Crippen LogP contribution in [0.4, 0.5) is 10.5 Å². The van der Waals surface area contributed by atoms with Gasteiger partial charge >= 0.3 is 6.03 Å². The SMILES string of the molecule is CCN(CCNC(=O)Nc1cccc(C#N)c1)C1CC1. The molecule has 1 aromatic carbocycles. The van der Waals surface area contributed by atoms with Gasteiger partial charge in [0.1, 0.15) is 0 Å². The van der Waals surface area contributed by atoms with Crippen molar-refractivity contribution in [2.75, 3.05) is 25.0 Å². The van der Waals surface area contributed by atoms with Gasteiger partial charge in [0.05, 0.1) is 11.6 Å². The van der Waals surface area contributed by atoms with Crippen molar-refractivity contribution in [1.29, 1.82) is 5.26 Å². The number of benzene rings is 1. The van der Waals surface area contributed by atoms with E-state index in [-0.39, 0.29) is 6.03 Å². The number of nitriles is 1. The van der Waals surface area contributed by atoms with Crippen LogP contribution in [0.2, 0.25) is 0 Å². The number of likely N-dealkylation sites (N-methyl/N-ethyl adjacent to an activating group) is 1. The molecular weight excluding hydrogens is 252 g/mol. The molecule has 0 bridgehead atoms. The Hall–Kier alpha value is -2.06. The number of rotatable bonds is 6. The van der Waals surface area contributed by atoms with Crippen molar-refractivity contribution in [3.8, 4) is 6.07 Å². The van der Waals surface area contributed by atoms with Crippen LogP contribution in [0.15, 0.2) is 24.3 Å². The third-order valence-corrected chi connectivity index (χ3v) is 3.40. The molecule has 1 aliphatic rings. The van der Waals surface area contributed by atoms with Gasteiger partial charge in [-0.1, -0.05) is 13.0 Å². The number of nitrogens with one attached hydrogen (secondary N) is 2. The monoisotopic (exact) mass is 272 g/mol. The van der Waals surface area contributed by atoms with Gasteiger partial charge in [0.15, 0.2) is 0 Å². The summed E-state index contributed by atoms with van der Waals surface area (Å²) in [5.41, 5.74) is 1.17. The molecule has 2 N–H and O–H groups in total. The van der Waals surface area contributed by atoms with Crippen LogP contribution in [0, 0.1) is 11.3 Å². The van der Waals surface area contributed by atoms with Crippen LogP contribution in [0.25, 0.3) is 0 Å². The Balaban J connectivity index is 1.73. The van der Waals surface area contributed by atoms with Crippen LogP contribution in [0.1, 0.15) is 25.3 Å². The molecule has 0 saturated heterocycles. The lowest BCUT2D eigenvalue weighted by atomic mass is 10.2. The van der Waals surface area contributed by atoms with Crippen molar-refractivity contribution in [2.45, 2.75) is 25.8 Å². The molecule has 0 spiro atoms. The first kappa shape index (κ1) is 14.4. The molecule has 1 aromatic rings. The quantitative estimate of drug-likeness (QED) is 0.834. The van der Waals surface area contributed by atoms with E-state index in [9.17, 15) is 4.79 Å². The van der Waals surface area contributed by atoms with Crippen LogP contribution in [-0.2, 0) is 0 Å². The molecule has 0 unspecified atom stereocenters. The zero-order valence-corrected chi connectivity index (χ0v) is 11.7. The summed E-state index contributed by atoms with van der Waals surface area (Å²) in [5, 5.41) is 14.4. The summed E-state index contributed by atoms with van der Waals surface area (Å²) in [4.78, 5) is 14.1. The second-order valence-electron chi connectivity index (χ2n) is 4.93. The molecule has 1 aliphatic carbocycles. The number of amides is 2. The number of hydrogen-bond donors (Lipinski definition) is 2. The minimum atomic E-state index is -0.230. The molecular formula is C15H20N4O. The second kappa shape index (κ2) is 6.92. The fourth-order valence-electron chi connectivity index (χ4n) is 2.19. The zero-order valence-electron chi connectivity index (χ0n) is 11.7. The molecule has 0 aliphatic heterocycles. The van der Waals surface area contributed by atoms with Crippen molar-refractivity contribution in [1.82, 2.24) is 10.2 Å². The minimum Gasteiger partial charge on any atom is -0.337 e. The van der Waals surface area contributed by atoms with E-state index in [1.54, 1.807) is 24.3 Å². The summed E-state index contributed by atoms with van der Waals surface area (Å²) in [7, 11) is 0. The normalized spacial score (nSPS) is 13.8. The smallest absolute Gasteiger partial charge is 0.319 e. The van der Waals surface area contributed by atoms with Gasteiger partial charge in [-0.05, 0) is 37.6 Å². The molecule has 106 valence electrons. The van der Waals surface area contributed by atoms with Crippen molar-refractivity contribution in [2.24, 2.45) is 0 Å². The summed E-state index contributed by atoms with van der Waals surface area (Å²) in [6.07, 6.45) is 2.56. The van der Waals surface area contributed by atoms with Gasteiger partial charge in [0.25, 0.3) is 0 Å². The first-order chi connectivity index (χ1) is 9.72. The van der Waals surface area contributed by atoms with Crippen LogP contribution < -0.4 is 10.6 Å². The number of hydrogen-bond acceptors (Lipinski definition) is 3. The number of urea groups is 1. The maximum absolute atomic E-state index is 11.7. The number of nitrogens with zero attached hydrogens (tertiary/aromatic N) is 2. The number of carbonyl (C=O) groups excluding carboxylic acids is 1. The van der Waals surface area contributed by atoms with Gasteiger partial charge in [-0.25, -0.2) is 4.79 Å². The predicted octanol–water partition coefficient (Wildman–Crippen LogP) is 2.16. The van der Waals surface area contributed by atoms with Crippen LogP contribution in [0.5, 0.6) is 0 Å². The fourth-order valence-corrected chi connectivity index (χ4v) is 2.19. The van der Waals surface area contributed by atoms with Crippen molar-refractivity contribution in [3.63, 3.8) is 0 Å². The standard InChI is InChI=1S/C15H20N4O/c1-2-19(14-6-7-14)9-8-17-15(20)18-13-5-3-4-12(10-13)11-16/h3-5,10,14H,2,6-9H2,1H3,(H2,17,18,20). The lowest BCUT2D eigenvalue weighted by Gasteiger charge is -2.19. The average Bonchev–Trinajstić information content (AvgIpc) is 3.28. The minimum absolute atomic E-state index is 0.230. The Morgan fingerprint density at radius 1 is 1.50 bits per heavy atom. The fraction of sp³-hybridized carbons (Fsp3) is 0.467. The average molecular weight is 272 g/mol. The number of carbonyl (C=O) groups is 1. The molecule has 5 nitrogen and oxygen atoms in total. The summed E-state index contributed by atoms with van der Waals surface area (Å²) >= 11 is 0. The van der Waals surface area contributed by atoms with E-state index in [1.165, 1.54) is 12.8 Å². The molecule has 1 saturated carbocycles. The zero-order chi connectivity index (χ0) is 14.4. The first-order valence-electron chi connectivity index (χ1n) is 7.02. The molecule has 5 heteroatoms. The molecule has 20 heavy (non-hydrogen) atoms. The highest BCUT2D eigenvalue weighted by atomic mass is 16.2. The van der Waals surface area contributed by atoms with Crippen molar-refractivity contribution < 1.29 is 4.79 Å². The third kappa shape index (κ3) is 4.25. The molecule has 1 fully saturated rings. The summed E-state index contributed by atoms with van der Waals surface area (Å²) in [6.45, 7) is 4.69. The highest BCUT2D eigenvalue weighted by Crippen LogP contribution is 2.25. The maximum atomic E-state index is 11.7. The highest BCUT2D eigenvalue weighted by molar-refractivity contribution is 5.89. The van der Waals surface area contributed by atoms with Gasteiger partial charge in [-0.2, -0.15) is 5.26 Å². The van der Waals surface area contributed by atoms with Crippen molar-refractivity contribution >= 4 is 11.7 Å². The van der Waals surface area contributed by atoms with E-state index in [0.29, 0.717) is 17.8 Å². The molecule has 2 amide bonds. The van der Waals surface area contributed by atoms with Crippen molar-refractivity contribution in [3.05, 3.63) is 29.8 Å². The maximum Gasteiger partial charge on any atom is 0.319 e. The lowest BCUT2D eigenvalue weighted by molar-refractivity contribution is 0.245. The van der Waals surface area contributed by atoms with E-state index in [4.69, 9.17) is 5.26 Å². The summed E-state index contributed by atoms with van der Waals surface area (Å²) in [6, 6.07) is 9.42. The van der Waals surface area contributed by atoms with Gasteiger partial charge in [0.2, 0.25) is 0 Å². The Morgan fingerprint density at radius 2 is 2.30 bits per heavy atom. The van der Waals surface area contributed by atoms with E-state index < -0.39 is 0 Å². The Bertz CT molecular complexity index is 505. The summed E-state index contributed by atoms with van der Waals surface area (Å²) in [5.74, 6) is 0. The Kier molecular flexibility index (Phi) is 4.97. The molecule has 0 heterocycles. The Labute approximate surface area is 119 Å². The van der Waals surface area contributed by atoms with Crippen LogP contribution in [-0.4, -0.2) is 36.6 Å². The molecule has 0 aromatic heterocycles. The molecule has 0 atom stereocenters. The van der Waals surface area contributed by atoms with E-state index in [1.807, 2.05) is 6.07 Å². The lowest BCUT2D eigenvalue weighted by Crippen LogP contribution is -2.37. The number of anilines is 1. The van der Waals surface area contributed by atoms with Gasteiger partial charge < -0.3 is 10.6 Å². The predicted molar refractivity (Wildman–Crippen MR) is 78.4 cm³/mol. The Morgan fingerprint density at radius 3 is 2.95 bits per heavy atom. The highest BCUT2D eigenvalue weighted by Gasteiger charge is 2.27. The third-order valence-electron chi connectivity index (χ3n) is 3.40. The first-order valence-corrected chi connectivity index (χ1v) is 7.02. The van der Waals surface area contributed by atoms with Gasteiger partial charge in [-0.3, -0.25) is 4.90 Å². The van der Waals surface area contributed by atoms with E-state index in [2.05, 4.69) is 22.5 Å². The van der Waals surface area contributed by atoms with E-state index >= 15 is 0 Å². The molecule has 0 radical (unpaired) electrons. The van der Waals surface area contributed by atoms with E-state index in [0.717, 1.165) is 19.1 Å². The largest absolute Gasteiger partial charge is 0.337 e. The van der Waals surface area contributed by atoms with Gasteiger partial charge in [0, 0.05) is 24.8 Å². The summed E-state index contributed by atoms with van der Waals surface area (Å²) < 4.78 is 0. The molecule has 2 rings (SSSR count). The van der Waals surface area contributed by atoms with Crippen LogP contribution >= 0.6 is 0 Å². The second-order valence-corrected chi connectivity index (χ2v) is 4.93. The topological polar surface area (TPSA) is 68.2 Å². The van der Waals surface area contributed by atoms with Crippen LogP contribution in [0.3, 0.4) is 0 Å². The van der Waals surface area contributed by atoms with Gasteiger partial charge in [-0.15, -0.1) is 0 Å².